The number of methoxy groups -OCH3 is 1. The van der Waals surface area contributed by atoms with E-state index >= 15 is 0 Å². The molecule has 0 aliphatic carbocycles. The van der Waals surface area contributed by atoms with Gasteiger partial charge < -0.3 is 14.6 Å². The van der Waals surface area contributed by atoms with Crippen LogP contribution in [0.4, 0.5) is 0 Å². The molecular weight excluding hydrogens is 306 g/mol. The third-order valence-electron chi connectivity index (χ3n) is 2.92. The molecule has 19 heavy (non-hydrogen) atoms. The van der Waals surface area contributed by atoms with Crippen molar-refractivity contribution in [2.45, 2.75) is 20.0 Å². The number of imidazole rings is 1. The molecule has 1 aromatic heterocycles. The zero-order valence-corrected chi connectivity index (χ0v) is 12.8. The average molecular weight is 324 g/mol. The van der Waals surface area contributed by atoms with Crippen molar-refractivity contribution in [3.05, 3.63) is 46.5 Å². The highest BCUT2D eigenvalue weighted by atomic mass is 79.9. The predicted molar refractivity (Wildman–Crippen MR) is 79.4 cm³/mol. The molecule has 0 unspecified atom stereocenters. The normalized spacial score (nSPS) is 10.7. The van der Waals surface area contributed by atoms with Crippen LogP contribution in [0.3, 0.4) is 0 Å². The number of nitrogens with one attached hydrogen (secondary N) is 1. The first-order valence-electron chi connectivity index (χ1n) is 6.27. The van der Waals surface area contributed by atoms with Crippen molar-refractivity contribution in [2.24, 2.45) is 0 Å². The van der Waals surface area contributed by atoms with Gasteiger partial charge in [0.25, 0.3) is 0 Å². The number of benzene rings is 1. The number of hydrogen-bond donors (Lipinski definition) is 1. The van der Waals surface area contributed by atoms with Gasteiger partial charge in [0.15, 0.2) is 0 Å². The lowest BCUT2D eigenvalue weighted by molar-refractivity contribution is 0.408. The minimum atomic E-state index is 0.753. The maximum atomic E-state index is 5.40. The number of hydrogen-bond acceptors (Lipinski definition) is 3. The quantitative estimate of drug-likeness (QED) is 0.888. The van der Waals surface area contributed by atoms with Gasteiger partial charge in [-0.25, -0.2) is 4.98 Å². The zero-order valence-electron chi connectivity index (χ0n) is 11.2. The van der Waals surface area contributed by atoms with Crippen LogP contribution < -0.4 is 10.1 Å². The maximum Gasteiger partial charge on any atom is 0.123 e. The van der Waals surface area contributed by atoms with E-state index in [0.29, 0.717) is 0 Å². The summed E-state index contributed by atoms with van der Waals surface area (Å²) in [5.74, 6) is 1.93. The van der Waals surface area contributed by atoms with Crippen LogP contribution in [-0.2, 0) is 13.1 Å². The van der Waals surface area contributed by atoms with Crippen LogP contribution in [0, 0.1) is 0 Å². The van der Waals surface area contributed by atoms with Gasteiger partial charge in [-0.3, -0.25) is 0 Å². The van der Waals surface area contributed by atoms with Crippen LogP contribution in [0.25, 0.3) is 0 Å². The lowest BCUT2D eigenvalue weighted by Crippen LogP contribution is -2.16. The summed E-state index contributed by atoms with van der Waals surface area (Å²) in [6.45, 7) is 4.56. The van der Waals surface area contributed by atoms with Crippen LogP contribution in [-0.4, -0.2) is 23.2 Å². The van der Waals surface area contributed by atoms with E-state index in [-0.39, 0.29) is 0 Å². The summed E-state index contributed by atoms with van der Waals surface area (Å²) in [4.78, 5) is 4.38. The van der Waals surface area contributed by atoms with Crippen LogP contribution in [0.15, 0.2) is 35.1 Å². The third kappa shape index (κ3) is 3.58. The molecule has 0 aliphatic heterocycles. The minimum Gasteiger partial charge on any atom is -0.496 e. The topological polar surface area (TPSA) is 39.1 Å². The van der Waals surface area contributed by atoms with E-state index in [1.54, 1.807) is 7.11 Å². The predicted octanol–water partition coefficient (Wildman–Crippen LogP) is 2.81. The molecule has 0 radical (unpaired) electrons. The van der Waals surface area contributed by atoms with Gasteiger partial charge in [0.2, 0.25) is 0 Å². The van der Waals surface area contributed by atoms with E-state index in [0.717, 1.165) is 41.2 Å². The number of nitrogens with zero attached hydrogens (tertiary/aromatic N) is 2. The monoisotopic (exact) mass is 323 g/mol. The van der Waals surface area contributed by atoms with E-state index < -0.39 is 0 Å². The number of rotatable bonds is 6. The second kappa shape index (κ2) is 6.73. The highest BCUT2D eigenvalue weighted by molar-refractivity contribution is 9.10. The van der Waals surface area contributed by atoms with Crippen molar-refractivity contribution in [2.75, 3.05) is 13.7 Å². The maximum absolute atomic E-state index is 5.40. The average Bonchev–Trinajstić information content (AvgIpc) is 2.84. The summed E-state index contributed by atoms with van der Waals surface area (Å²) in [6, 6.07) is 6.03. The van der Waals surface area contributed by atoms with E-state index in [1.165, 1.54) is 0 Å². The van der Waals surface area contributed by atoms with E-state index in [1.807, 2.05) is 24.5 Å². The molecule has 5 heteroatoms. The number of ether oxygens (including phenoxy) is 1. The third-order valence-corrected chi connectivity index (χ3v) is 3.41. The molecule has 0 spiro atoms. The molecule has 0 amide bonds. The lowest BCUT2D eigenvalue weighted by atomic mass is 10.2. The molecule has 0 bridgehead atoms. The van der Waals surface area contributed by atoms with Crippen molar-refractivity contribution < 1.29 is 4.74 Å². The Morgan fingerprint density at radius 3 is 3.00 bits per heavy atom. The van der Waals surface area contributed by atoms with Gasteiger partial charge in [0.1, 0.15) is 11.6 Å². The van der Waals surface area contributed by atoms with Crippen molar-refractivity contribution in [1.29, 1.82) is 0 Å². The molecule has 1 heterocycles. The second-order valence-corrected chi connectivity index (χ2v) is 5.12. The van der Waals surface area contributed by atoms with E-state index in [2.05, 4.69) is 43.8 Å². The molecule has 0 saturated carbocycles. The van der Waals surface area contributed by atoms with Crippen LogP contribution in [0.2, 0.25) is 0 Å². The van der Waals surface area contributed by atoms with Gasteiger partial charge in [-0.05, 0) is 24.7 Å². The molecule has 0 aliphatic rings. The van der Waals surface area contributed by atoms with E-state index in [4.69, 9.17) is 4.74 Å². The van der Waals surface area contributed by atoms with Gasteiger partial charge in [0, 0.05) is 22.4 Å². The summed E-state index contributed by atoms with van der Waals surface area (Å²) < 4.78 is 8.58. The molecule has 0 fully saturated rings. The fraction of sp³-hybridized carbons (Fsp3) is 0.357. The van der Waals surface area contributed by atoms with Gasteiger partial charge in [0.05, 0.1) is 20.2 Å². The largest absolute Gasteiger partial charge is 0.496 e. The standard InChI is InChI=1S/C14H18BrN3O/c1-3-16-9-14-17-6-7-18(14)10-11-8-12(15)4-5-13(11)19-2/h4-8,16H,3,9-10H2,1-2H3. The fourth-order valence-electron chi connectivity index (χ4n) is 1.94. The number of aromatic nitrogens is 2. The highest BCUT2D eigenvalue weighted by Gasteiger charge is 2.07. The van der Waals surface area contributed by atoms with Crippen molar-refractivity contribution in [3.63, 3.8) is 0 Å². The first-order chi connectivity index (χ1) is 9.24. The molecule has 2 aromatic rings. The molecule has 102 valence electrons. The Kier molecular flexibility index (Phi) is 4.99. The van der Waals surface area contributed by atoms with Crippen molar-refractivity contribution in [1.82, 2.24) is 14.9 Å². The molecule has 0 saturated heterocycles. The molecule has 4 nitrogen and oxygen atoms in total. The molecular formula is C14H18BrN3O. The summed E-state index contributed by atoms with van der Waals surface area (Å²) >= 11 is 3.50. The van der Waals surface area contributed by atoms with E-state index in [9.17, 15) is 0 Å². The zero-order chi connectivity index (χ0) is 13.7. The Hall–Kier alpha value is -1.33. The second-order valence-electron chi connectivity index (χ2n) is 4.21. The summed E-state index contributed by atoms with van der Waals surface area (Å²) in [6.07, 6.45) is 3.82. The Bertz CT molecular complexity index is 539. The van der Waals surface area contributed by atoms with Crippen LogP contribution in [0.1, 0.15) is 18.3 Å². The van der Waals surface area contributed by atoms with Crippen LogP contribution >= 0.6 is 15.9 Å². The van der Waals surface area contributed by atoms with Crippen LogP contribution in [0.5, 0.6) is 5.75 Å². The van der Waals surface area contributed by atoms with Gasteiger partial charge >= 0.3 is 0 Å². The van der Waals surface area contributed by atoms with Gasteiger partial charge in [-0.2, -0.15) is 0 Å². The highest BCUT2D eigenvalue weighted by Crippen LogP contribution is 2.24. The van der Waals surface area contributed by atoms with Gasteiger partial charge in [-0.15, -0.1) is 0 Å². The summed E-state index contributed by atoms with van der Waals surface area (Å²) in [5.41, 5.74) is 1.13. The minimum absolute atomic E-state index is 0.753. The Morgan fingerprint density at radius 1 is 1.42 bits per heavy atom. The Labute approximate surface area is 121 Å². The molecule has 2 rings (SSSR count). The Balaban J connectivity index is 2.21. The Morgan fingerprint density at radius 2 is 2.26 bits per heavy atom. The van der Waals surface area contributed by atoms with Crippen molar-refractivity contribution >= 4 is 15.9 Å². The lowest BCUT2D eigenvalue weighted by Gasteiger charge is -2.12. The molecule has 0 atom stereocenters. The van der Waals surface area contributed by atoms with Crippen molar-refractivity contribution in [3.8, 4) is 5.75 Å². The molecule has 1 aromatic carbocycles. The first kappa shape index (κ1) is 14.1. The summed E-state index contributed by atoms with van der Waals surface area (Å²) in [7, 11) is 1.69. The summed E-state index contributed by atoms with van der Waals surface area (Å²) in [5, 5.41) is 3.29. The van der Waals surface area contributed by atoms with Gasteiger partial charge in [-0.1, -0.05) is 22.9 Å². The SMILES string of the molecule is CCNCc1nccn1Cc1cc(Br)ccc1OC. The number of halogens is 1. The molecule has 1 N–H and O–H groups in total. The smallest absolute Gasteiger partial charge is 0.123 e. The fourth-order valence-corrected chi connectivity index (χ4v) is 2.35. The first-order valence-corrected chi connectivity index (χ1v) is 7.07.